The summed E-state index contributed by atoms with van der Waals surface area (Å²) in [4.78, 5) is 30.0. The fourth-order valence-electron chi connectivity index (χ4n) is 4.30. The summed E-state index contributed by atoms with van der Waals surface area (Å²) in [5.41, 5.74) is 1.35. The van der Waals surface area contributed by atoms with Crippen LogP contribution in [0.3, 0.4) is 0 Å². The van der Waals surface area contributed by atoms with Gasteiger partial charge in [0.15, 0.2) is 0 Å². The number of aliphatic hydroxyl groups is 1. The molecule has 4 rings (SSSR count). The third-order valence-electron chi connectivity index (χ3n) is 6.07. The van der Waals surface area contributed by atoms with Crippen LogP contribution in [-0.4, -0.2) is 73.1 Å². The number of ketones is 1. The fourth-order valence-corrected chi connectivity index (χ4v) is 4.56. The van der Waals surface area contributed by atoms with Crippen LogP contribution in [0.4, 0.5) is 0 Å². The number of benzene rings is 2. The Bertz CT molecular complexity index is 1030. The quantitative estimate of drug-likeness (QED) is 0.345. The average molecular weight is 515 g/mol. The average Bonchev–Trinajstić information content (AvgIpc) is 3.10. The summed E-state index contributed by atoms with van der Waals surface area (Å²) in [5.74, 6) is -0.790. The van der Waals surface area contributed by atoms with Crippen LogP contribution in [0.15, 0.2) is 58.6 Å². The predicted octanol–water partition coefficient (Wildman–Crippen LogP) is 3.60. The van der Waals surface area contributed by atoms with Gasteiger partial charge in [0.25, 0.3) is 11.7 Å². The van der Waals surface area contributed by atoms with Crippen LogP contribution < -0.4 is 4.74 Å². The van der Waals surface area contributed by atoms with Gasteiger partial charge in [-0.2, -0.15) is 0 Å². The molecule has 2 heterocycles. The van der Waals surface area contributed by atoms with Gasteiger partial charge in [0.2, 0.25) is 0 Å². The third kappa shape index (κ3) is 5.13. The molecule has 0 aliphatic carbocycles. The molecular weight excluding hydrogens is 488 g/mol. The third-order valence-corrected chi connectivity index (χ3v) is 6.59. The number of aliphatic hydroxyl groups excluding tert-OH is 1. The van der Waals surface area contributed by atoms with Crippen LogP contribution in [0, 0.1) is 0 Å². The number of carbonyl (C=O) groups is 2. The molecule has 0 spiro atoms. The van der Waals surface area contributed by atoms with Gasteiger partial charge in [-0.3, -0.25) is 14.5 Å². The number of carbonyl (C=O) groups excluding carboxylic acids is 2. The molecule has 2 saturated heterocycles. The highest BCUT2D eigenvalue weighted by atomic mass is 79.9. The van der Waals surface area contributed by atoms with Crippen molar-refractivity contribution < 1.29 is 24.2 Å². The minimum atomic E-state index is -0.664. The summed E-state index contributed by atoms with van der Waals surface area (Å²) in [5, 5.41) is 11.1. The molecule has 1 atom stereocenters. The lowest BCUT2D eigenvalue weighted by atomic mass is 9.95. The first-order chi connectivity index (χ1) is 16.0. The van der Waals surface area contributed by atoms with E-state index in [-0.39, 0.29) is 11.3 Å². The Kier molecular flexibility index (Phi) is 7.47. The molecule has 33 heavy (non-hydrogen) atoms. The van der Waals surface area contributed by atoms with Crippen LogP contribution in [-0.2, 0) is 14.3 Å². The van der Waals surface area contributed by atoms with Crippen molar-refractivity contribution in [2.45, 2.75) is 12.5 Å². The van der Waals surface area contributed by atoms with E-state index < -0.39 is 17.7 Å². The maximum Gasteiger partial charge on any atom is 0.295 e. The fraction of sp³-hybridized carbons (Fsp3) is 0.360. The van der Waals surface area contributed by atoms with Crippen LogP contribution in [0.1, 0.15) is 23.6 Å². The van der Waals surface area contributed by atoms with Crippen molar-refractivity contribution in [3.63, 3.8) is 0 Å². The first-order valence-electron chi connectivity index (χ1n) is 11.0. The number of likely N-dealkylation sites (tertiary alicyclic amines) is 1. The molecule has 2 aromatic rings. The molecule has 0 bridgehead atoms. The minimum absolute atomic E-state index is 0.110. The van der Waals surface area contributed by atoms with Gasteiger partial charge in [-0.1, -0.05) is 28.1 Å². The van der Waals surface area contributed by atoms with E-state index in [0.29, 0.717) is 31.1 Å². The lowest BCUT2D eigenvalue weighted by molar-refractivity contribution is -0.140. The normalized spacial score (nSPS) is 20.9. The van der Waals surface area contributed by atoms with Crippen LogP contribution in [0.5, 0.6) is 5.75 Å². The Morgan fingerprint density at radius 3 is 2.36 bits per heavy atom. The zero-order valence-electron chi connectivity index (χ0n) is 18.5. The maximum atomic E-state index is 13.1. The minimum Gasteiger partial charge on any atom is -0.507 e. The number of halogens is 1. The van der Waals surface area contributed by atoms with Crippen LogP contribution >= 0.6 is 15.9 Å². The first kappa shape index (κ1) is 23.5. The number of morpholine rings is 1. The summed E-state index contributed by atoms with van der Waals surface area (Å²) in [7, 11) is 1.56. The standard InChI is InChI=1S/C25H27BrN2O5/c1-32-20-9-5-18(6-10-20)23(29)21-22(17-3-7-19(26)8-4-17)28(25(31)24(21)30)12-2-11-27-13-15-33-16-14-27/h3-10,22,29H,2,11-16H2,1H3/b23-21+/t22-/m0/s1. The summed E-state index contributed by atoms with van der Waals surface area (Å²) in [6.45, 7) is 4.40. The SMILES string of the molecule is COc1ccc(/C(O)=C2\C(=O)C(=O)N(CCCN3CCOCC3)[C@H]2c2ccc(Br)cc2)cc1. The van der Waals surface area contributed by atoms with Crippen molar-refractivity contribution in [3.05, 3.63) is 69.7 Å². The number of Topliss-reactive ketones (excluding diaryl/α,β-unsaturated/α-hetero) is 1. The molecule has 7 nitrogen and oxygen atoms in total. The number of hydrogen-bond acceptors (Lipinski definition) is 6. The smallest absolute Gasteiger partial charge is 0.295 e. The summed E-state index contributed by atoms with van der Waals surface area (Å²) in [6.07, 6.45) is 0.725. The molecule has 2 aliphatic rings. The second-order valence-electron chi connectivity index (χ2n) is 8.08. The molecule has 174 valence electrons. The summed E-state index contributed by atoms with van der Waals surface area (Å²) in [6, 6.07) is 13.6. The van der Waals surface area contributed by atoms with Gasteiger partial charge in [-0.25, -0.2) is 0 Å². The van der Waals surface area contributed by atoms with Crippen LogP contribution in [0.25, 0.3) is 5.76 Å². The van der Waals surface area contributed by atoms with Gasteiger partial charge in [0.05, 0.1) is 31.9 Å². The highest BCUT2D eigenvalue weighted by Gasteiger charge is 2.45. The second kappa shape index (κ2) is 10.5. The summed E-state index contributed by atoms with van der Waals surface area (Å²) >= 11 is 3.44. The molecule has 1 amide bonds. The van der Waals surface area contributed by atoms with Gasteiger partial charge >= 0.3 is 0 Å². The van der Waals surface area contributed by atoms with Crippen molar-refractivity contribution in [2.24, 2.45) is 0 Å². The van der Waals surface area contributed by atoms with E-state index in [1.807, 2.05) is 24.3 Å². The lowest BCUT2D eigenvalue weighted by Gasteiger charge is -2.29. The zero-order chi connectivity index (χ0) is 23.4. The van der Waals surface area contributed by atoms with Crippen molar-refractivity contribution in [2.75, 3.05) is 46.5 Å². The Labute approximate surface area is 201 Å². The number of amides is 1. The number of nitrogens with zero attached hydrogens (tertiary/aromatic N) is 2. The van der Waals surface area contributed by atoms with E-state index in [2.05, 4.69) is 20.8 Å². The molecule has 8 heteroatoms. The molecule has 1 N–H and O–H groups in total. The molecule has 0 aromatic heterocycles. The Morgan fingerprint density at radius 1 is 1.06 bits per heavy atom. The number of methoxy groups -OCH3 is 1. The molecule has 2 aliphatic heterocycles. The number of hydrogen-bond donors (Lipinski definition) is 1. The van der Waals surface area contributed by atoms with Crippen LogP contribution in [0.2, 0.25) is 0 Å². The number of ether oxygens (including phenoxy) is 2. The second-order valence-corrected chi connectivity index (χ2v) is 9.00. The van der Waals surface area contributed by atoms with Crippen molar-refractivity contribution >= 4 is 33.4 Å². The Morgan fingerprint density at radius 2 is 1.73 bits per heavy atom. The molecule has 2 aromatic carbocycles. The first-order valence-corrected chi connectivity index (χ1v) is 11.8. The van der Waals surface area contributed by atoms with Gasteiger partial charge in [0.1, 0.15) is 11.5 Å². The van der Waals surface area contributed by atoms with E-state index in [1.54, 1.807) is 36.3 Å². The molecule has 0 saturated carbocycles. The van der Waals surface area contributed by atoms with Gasteiger partial charge in [0, 0.05) is 36.2 Å². The topological polar surface area (TPSA) is 79.3 Å². The highest BCUT2D eigenvalue weighted by Crippen LogP contribution is 2.40. The predicted molar refractivity (Wildman–Crippen MR) is 128 cm³/mol. The molecule has 0 unspecified atom stereocenters. The maximum absolute atomic E-state index is 13.1. The highest BCUT2D eigenvalue weighted by molar-refractivity contribution is 9.10. The number of rotatable bonds is 7. The molecule has 0 radical (unpaired) electrons. The Balaban J connectivity index is 1.65. The van der Waals surface area contributed by atoms with Gasteiger partial charge in [-0.15, -0.1) is 0 Å². The van der Waals surface area contributed by atoms with Crippen molar-refractivity contribution in [3.8, 4) is 5.75 Å². The molecule has 2 fully saturated rings. The largest absolute Gasteiger partial charge is 0.507 e. The monoisotopic (exact) mass is 514 g/mol. The van der Waals surface area contributed by atoms with Crippen molar-refractivity contribution in [1.29, 1.82) is 0 Å². The van der Waals surface area contributed by atoms with E-state index >= 15 is 0 Å². The molecular formula is C25H27BrN2O5. The van der Waals surface area contributed by atoms with E-state index in [9.17, 15) is 14.7 Å². The lowest BCUT2D eigenvalue weighted by Crippen LogP contribution is -2.38. The van der Waals surface area contributed by atoms with Crippen molar-refractivity contribution in [1.82, 2.24) is 9.80 Å². The zero-order valence-corrected chi connectivity index (χ0v) is 20.1. The Hall–Kier alpha value is -2.68. The summed E-state index contributed by atoms with van der Waals surface area (Å²) < 4.78 is 11.5. The van der Waals surface area contributed by atoms with Gasteiger partial charge in [-0.05, 0) is 48.4 Å². The van der Waals surface area contributed by atoms with E-state index in [4.69, 9.17) is 9.47 Å². The van der Waals surface area contributed by atoms with E-state index in [0.717, 1.165) is 36.1 Å². The van der Waals surface area contributed by atoms with E-state index in [1.165, 1.54) is 0 Å². The van der Waals surface area contributed by atoms with Gasteiger partial charge < -0.3 is 19.5 Å².